The Labute approximate surface area is 208 Å². The molecular formula is C26H39N5O3Si. The molecule has 35 heavy (non-hydrogen) atoms. The molecule has 0 radical (unpaired) electrons. The van der Waals surface area contributed by atoms with Gasteiger partial charge < -0.3 is 20.6 Å². The van der Waals surface area contributed by atoms with Gasteiger partial charge in [0.05, 0.1) is 37.5 Å². The van der Waals surface area contributed by atoms with Gasteiger partial charge in [0.1, 0.15) is 0 Å². The van der Waals surface area contributed by atoms with Crippen molar-refractivity contribution in [3.05, 3.63) is 47.2 Å². The van der Waals surface area contributed by atoms with E-state index >= 15 is 0 Å². The zero-order chi connectivity index (χ0) is 25.8. The van der Waals surface area contributed by atoms with Crippen LogP contribution in [0.15, 0.2) is 30.3 Å². The van der Waals surface area contributed by atoms with Crippen molar-refractivity contribution >= 4 is 25.8 Å². The molecule has 3 amide bonds. The third-order valence-corrected chi connectivity index (χ3v) is 11.7. The normalized spacial score (nSPS) is 19.5. The Hall–Kier alpha value is -2.65. The summed E-state index contributed by atoms with van der Waals surface area (Å²) in [6.45, 7) is 14.4. The van der Waals surface area contributed by atoms with E-state index in [1.165, 1.54) is 0 Å². The van der Waals surface area contributed by atoms with Gasteiger partial charge in [-0.3, -0.25) is 9.89 Å². The fourth-order valence-electron chi connectivity index (χ4n) is 5.53. The summed E-state index contributed by atoms with van der Waals surface area (Å²) >= 11 is 0. The lowest BCUT2D eigenvalue weighted by Crippen LogP contribution is -2.52. The molecule has 1 aliphatic carbocycles. The third-order valence-electron chi connectivity index (χ3n) is 8.13. The Kier molecular flexibility index (Phi) is 6.16. The van der Waals surface area contributed by atoms with Crippen LogP contribution in [0.25, 0.3) is 0 Å². The highest BCUT2D eigenvalue weighted by atomic mass is 28.3. The van der Waals surface area contributed by atoms with Crippen molar-refractivity contribution in [3.63, 3.8) is 0 Å². The summed E-state index contributed by atoms with van der Waals surface area (Å²) in [5.74, 6) is 0.573. The number of rotatable bonds is 6. The molecule has 190 valence electrons. The highest BCUT2D eigenvalue weighted by Gasteiger charge is 2.54. The molecule has 4 rings (SSSR count). The highest BCUT2D eigenvalue weighted by Crippen LogP contribution is 2.56. The summed E-state index contributed by atoms with van der Waals surface area (Å²) in [5, 5.41) is 24.2. The number of aliphatic hydroxyl groups is 1. The van der Waals surface area contributed by atoms with Crippen LogP contribution in [-0.4, -0.2) is 45.8 Å². The number of hydrogen-bond donors (Lipinski definition) is 4. The van der Waals surface area contributed by atoms with Crippen molar-refractivity contribution in [3.8, 4) is 0 Å². The zero-order valence-corrected chi connectivity index (χ0v) is 23.0. The van der Waals surface area contributed by atoms with Crippen LogP contribution in [0, 0.1) is 0 Å². The predicted octanol–water partition coefficient (Wildman–Crippen LogP) is 4.88. The van der Waals surface area contributed by atoms with Crippen LogP contribution in [0.1, 0.15) is 69.8 Å². The zero-order valence-electron chi connectivity index (χ0n) is 22.0. The summed E-state index contributed by atoms with van der Waals surface area (Å²) < 4.78 is 0. The van der Waals surface area contributed by atoms with Crippen molar-refractivity contribution in [1.82, 2.24) is 20.4 Å². The second kappa shape index (κ2) is 8.48. The molecule has 1 aromatic heterocycles. The number of nitrogens with one attached hydrogen (secondary N) is 3. The van der Waals surface area contributed by atoms with Crippen molar-refractivity contribution < 1.29 is 14.7 Å². The topological polar surface area (TPSA) is 110 Å². The Balaban J connectivity index is 1.55. The van der Waals surface area contributed by atoms with Crippen molar-refractivity contribution in [2.45, 2.75) is 95.4 Å². The van der Waals surface area contributed by atoms with Crippen molar-refractivity contribution in [2.24, 2.45) is 0 Å². The molecule has 4 N–H and O–H groups in total. The van der Waals surface area contributed by atoms with Gasteiger partial charge in [-0.15, -0.1) is 0 Å². The summed E-state index contributed by atoms with van der Waals surface area (Å²) in [5.41, 5.74) is 0.657. The molecule has 1 saturated carbocycles. The Morgan fingerprint density at radius 2 is 1.80 bits per heavy atom. The van der Waals surface area contributed by atoms with Gasteiger partial charge in [-0.25, -0.2) is 4.79 Å². The van der Waals surface area contributed by atoms with E-state index in [0.29, 0.717) is 12.4 Å². The largest absolute Gasteiger partial charge is 0.388 e. The standard InChI is InChI=1S/C26H39N5O3Si/c1-24(2)20-18(21(30-29-20)28-22(32)26(14-11-15-26)35(5,6)7)16-31(24)23(33)27-19(25(3,4)34)17-12-9-8-10-13-17/h8-10,12-13,19,34H,11,14-16H2,1-7H3,(H,27,33)(H2,28,29,30,32)/t19-/m0/s1. The number of H-pyrrole nitrogens is 1. The van der Waals surface area contributed by atoms with E-state index in [-0.39, 0.29) is 17.0 Å². The molecule has 0 spiro atoms. The number of hydrogen-bond acceptors (Lipinski definition) is 4. The molecule has 8 nitrogen and oxygen atoms in total. The minimum absolute atomic E-state index is 0.0593. The number of aromatic nitrogens is 2. The molecule has 0 bridgehead atoms. The molecule has 1 fully saturated rings. The van der Waals surface area contributed by atoms with E-state index < -0.39 is 25.3 Å². The molecule has 0 unspecified atom stereocenters. The maximum Gasteiger partial charge on any atom is 0.319 e. The van der Waals surface area contributed by atoms with Gasteiger partial charge in [-0.2, -0.15) is 5.10 Å². The first-order chi connectivity index (χ1) is 16.2. The van der Waals surface area contributed by atoms with Crippen molar-refractivity contribution in [1.29, 1.82) is 0 Å². The lowest BCUT2D eigenvalue weighted by atomic mass is 9.83. The first-order valence-corrected chi connectivity index (χ1v) is 15.9. The van der Waals surface area contributed by atoms with Gasteiger partial charge in [0.2, 0.25) is 5.91 Å². The van der Waals surface area contributed by atoms with Crippen molar-refractivity contribution in [2.75, 3.05) is 5.32 Å². The Bertz CT molecular complexity index is 1110. The number of benzene rings is 1. The van der Waals surface area contributed by atoms with E-state index in [1.54, 1.807) is 18.7 Å². The van der Waals surface area contributed by atoms with Crippen LogP contribution in [0.4, 0.5) is 10.6 Å². The lowest BCUT2D eigenvalue weighted by molar-refractivity contribution is -0.121. The number of fused-ring (bicyclic) bond motifs is 1. The Morgan fingerprint density at radius 1 is 1.17 bits per heavy atom. The van der Waals surface area contributed by atoms with Crippen LogP contribution < -0.4 is 10.6 Å². The first kappa shape index (κ1) is 25.4. The minimum atomic E-state index is -1.72. The number of aromatic amines is 1. The number of anilines is 1. The fraction of sp³-hybridized carbons (Fsp3) is 0.577. The number of carbonyl (C=O) groups excluding carboxylic acids is 2. The van der Waals surface area contributed by atoms with Gasteiger partial charge in [0.15, 0.2) is 5.82 Å². The summed E-state index contributed by atoms with van der Waals surface area (Å²) in [6, 6.07) is 8.60. The summed E-state index contributed by atoms with van der Waals surface area (Å²) in [7, 11) is -1.72. The SMILES string of the molecule is CC(C)(O)[C@@H](NC(=O)N1Cc2c(NC(=O)C3([Si](C)(C)C)CCC3)n[nH]c2C1(C)C)c1ccccc1. The predicted molar refractivity (Wildman–Crippen MR) is 140 cm³/mol. The fourth-order valence-corrected chi connectivity index (χ4v) is 8.13. The molecule has 2 aliphatic rings. The van der Waals surface area contributed by atoms with Gasteiger partial charge in [0, 0.05) is 10.6 Å². The molecule has 2 aromatic rings. The Morgan fingerprint density at radius 3 is 2.31 bits per heavy atom. The maximum atomic E-state index is 13.5. The van der Waals surface area contributed by atoms with Gasteiger partial charge in [-0.05, 0) is 46.1 Å². The smallest absolute Gasteiger partial charge is 0.319 e. The van der Waals surface area contributed by atoms with E-state index in [9.17, 15) is 14.7 Å². The van der Waals surface area contributed by atoms with E-state index in [0.717, 1.165) is 36.1 Å². The number of carbonyl (C=O) groups is 2. The summed E-state index contributed by atoms with van der Waals surface area (Å²) in [6.07, 6.45) is 2.94. The van der Waals surface area contributed by atoms with Crippen LogP contribution in [-0.2, 0) is 16.9 Å². The monoisotopic (exact) mass is 497 g/mol. The van der Waals surface area contributed by atoms with E-state index in [4.69, 9.17) is 0 Å². The van der Waals surface area contributed by atoms with Crippen LogP contribution in [0.3, 0.4) is 0 Å². The van der Waals surface area contributed by atoms with Crippen LogP contribution in [0.5, 0.6) is 0 Å². The van der Waals surface area contributed by atoms with E-state index in [2.05, 4.69) is 40.5 Å². The van der Waals surface area contributed by atoms with Crippen LogP contribution in [0.2, 0.25) is 24.7 Å². The second-order valence-corrected chi connectivity index (χ2v) is 17.6. The molecule has 0 saturated heterocycles. The van der Waals surface area contributed by atoms with Gasteiger partial charge in [0.25, 0.3) is 0 Å². The molecule has 1 aliphatic heterocycles. The molecule has 1 aromatic carbocycles. The maximum absolute atomic E-state index is 13.5. The molecule has 9 heteroatoms. The van der Waals surface area contributed by atoms with Gasteiger partial charge >= 0.3 is 6.03 Å². The highest BCUT2D eigenvalue weighted by molar-refractivity contribution is 6.83. The summed E-state index contributed by atoms with van der Waals surface area (Å²) in [4.78, 5) is 28.7. The lowest BCUT2D eigenvalue weighted by Gasteiger charge is -2.48. The number of nitrogens with zero attached hydrogens (tertiary/aromatic N) is 2. The second-order valence-electron chi connectivity index (χ2n) is 12.2. The first-order valence-electron chi connectivity index (χ1n) is 12.4. The van der Waals surface area contributed by atoms with Crippen LogP contribution >= 0.6 is 0 Å². The minimum Gasteiger partial charge on any atom is -0.388 e. The third kappa shape index (κ3) is 4.29. The van der Waals surface area contributed by atoms with E-state index in [1.807, 2.05) is 44.2 Å². The average molecular weight is 498 g/mol. The molecule has 2 heterocycles. The number of amides is 3. The molecular weight excluding hydrogens is 458 g/mol. The quantitative estimate of drug-likeness (QED) is 0.426. The number of urea groups is 1. The van der Waals surface area contributed by atoms with Gasteiger partial charge in [-0.1, -0.05) is 56.4 Å². The average Bonchev–Trinajstić information content (AvgIpc) is 3.22. The molecule has 1 atom stereocenters.